The number of rotatable bonds is 5. The molecule has 7 nitrogen and oxygen atoms in total. The number of benzene rings is 1. The van der Waals surface area contributed by atoms with Crippen molar-refractivity contribution in [3.63, 3.8) is 0 Å². The van der Waals surface area contributed by atoms with Crippen LogP contribution in [-0.2, 0) is 12.8 Å². The van der Waals surface area contributed by atoms with Crippen molar-refractivity contribution >= 4 is 17.0 Å². The fourth-order valence-electron chi connectivity index (χ4n) is 2.88. The molecule has 0 amide bonds. The van der Waals surface area contributed by atoms with Crippen molar-refractivity contribution in [2.24, 2.45) is 0 Å². The molecule has 0 aliphatic carbocycles. The van der Waals surface area contributed by atoms with Gasteiger partial charge in [0.15, 0.2) is 5.65 Å². The van der Waals surface area contributed by atoms with Crippen molar-refractivity contribution in [3.05, 3.63) is 41.1 Å². The number of aliphatic hydroxyl groups excluding tert-OH is 1. The van der Waals surface area contributed by atoms with Crippen LogP contribution in [0.15, 0.2) is 24.3 Å². The molecule has 3 aromatic rings. The van der Waals surface area contributed by atoms with E-state index < -0.39 is 17.8 Å². The van der Waals surface area contributed by atoms with Gasteiger partial charge in [-0.25, -0.2) is 4.68 Å². The third kappa shape index (κ3) is 3.47. The Bertz CT molecular complexity index is 984. The van der Waals surface area contributed by atoms with Crippen LogP contribution >= 0.6 is 0 Å². The summed E-state index contributed by atoms with van der Waals surface area (Å²) < 4.78 is 45.4. The van der Waals surface area contributed by atoms with Crippen LogP contribution < -0.4 is 9.64 Å². The first-order valence-corrected chi connectivity index (χ1v) is 8.45. The summed E-state index contributed by atoms with van der Waals surface area (Å²) in [6, 6.07) is 4.45. The number of hydrogen-bond acceptors (Lipinski definition) is 6. The van der Waals surface area contributed by atoms with Gasteiger partial charge in [0.1, 0.15) is 11.1 Å². The number of aromatic nitrogens is 4. The molecular weight excluding hydrogens is 375 g/mol. The number of ether oxygens (including phenoxy) is 1. The van der Waals surface area contributed by atoms with Crippen molar-refractivity contribution in [2.45, 2.75) is 25.7 Å². The molecule has 0 saturated heterocycles. The lowest BCUT2D eigenvalue weighted by Gasteiger charge is -2.16. The molecule has 1 aromatic carbocycles. The zero-order valence-electron chi connectivity index (χ0n) is 15.8. The van der Waals surface area contributed by atoms with Crippen molar-refractivity contribution in [2.75, 3.05) is 26.1 Å². The van der Waals surface area contributed by atoms with Gasteiger partial charge in [0.05, 0.1) is 25.3 Å². The monoisotopic (exact) mass is 395 g/mol. The molecule has 1 unspecified atom stereocenters. The largest absolute Gasteiger partial charge is 0.480 e. The van der Waals surface area contributed by atoms with E-state index in [1.807, 2.05) is 0 Å². The molecule has 3 rings (SSSR count). The average Bonchev–Trinajstić information content (AvgIpc) is 3.04. The summed E-state index contributed by atoms with van der Waals surface area (Å²) in [4.78, 5) is 10.5. The topological polar surface area (TPSA) is 76.3 Å². The lowest BCUT2D eigenvalue weighted by atomic mass is 10.1. The fraction of sp³-hybridized carbons (Fsp3) is 0.389. The highest BCUT2D eigenvalue weighted by Crippen LogP contribution is 2.33. The molecule has 0 aliphatic rings. The van der Waals surface area contributed by atoms with Crippen LogP contribution in [0.4, 0.5) is 19.1 Å². The van der Waals surface area contributed by atoms with Gasteiger partial charge in [-0.05, 0) is 24.6 Å². The molecule has 0 spiro atoms. The van der Waals surface area contributed by atoms with Crippen molar-refractivity contribution < 1.29 is 23.0 Å². The van der Waals surface area contributed by atoms with Gasteiger partial charge in [-0.15, -0.1) is 0 Å². The Morgan fingerprint density at radius 2 is 1.82 bits per heavy atom. The molecule has 2 heterocycles. The molecule has 10 heteroatoms. The van der Waals surface area contributed by atoms with E-state index in [0.717, 1.165) is 12.1 Å². The zero-order chi connectivity index (χ0) is 20.6. The van der Waals surface area contributed by atoms with E-state index in [-0.39, 0.29) is 12.5 Å². The van der Waals surface area contributed by atoms with Gasteiger partial charge in [0, 0.05) is 14.1 Å². The number of halogens is 3. The summed E-state index contributed by atoms with van der Waals surface area (Å²) in [5.41, 5.74) is 0.650. The van der Waals surface area contributed by atoms with Crippen LogP contribution in [0.5, 0.6) is 5.88 Å². The molecule has 0 radical (unpaired) electrons. The third-order valence-corrected chi connectivity index (χ3v) is 4.41. The number of alkyl halides is 3. The summed E-state index contributed by atoms with van der Waals surface area (Å²) in [5.74, 6) is 0.651. The number of fused-ring (bicyclic) bond motifs is 1. The predicted octanol–water partition coefficient (Wildman–Crippen LogP) is 3.02. The molecule has 0 fully saturated rings. The Balaban J connectivity index is 2.15. The van der Waals surface area contributed by atoms with E-state index in [9.17, 15) is 18.3 Å². The summed E-state index contributed by atoms with van der Waals surface area (Å²) in [6.45, 7) is 1.43. The van der Waals surface area contributed by atoms with Gasteiger partial charge in [0.2, 0.25) is 11.8 Å². The first-order chi connectivity index (χ1) is 13.2. The lowest BCUT2D eigenvalue weighted by molar-refractivity contribution is -0.137. The number of hydrogen-bond donors (Lipinski definition) is 1. The van der Waals surface area contributed by atoms with Crippen molar-refractivity contribution in [1.29, 1.82) is 0 Å². The Morgan fingerprint density at radius 3 is 2.32 bits per heavy atom. The zero-order valence-corrected chi connectivity index (χ0v) is 15.8. The number of anilines is 1. The molecule has 0 saturated carbocycles. The molecule has 150 valence electrons. The quantitative estimate of drug-likeness (QED) is 0.716. The van der Waals surface area contributed by atoms with Crippen LogP contribution in [0.25, 0.3) is 11.0 Å². The first-order valence-electron chi connectivity index (χ1n) is 8.45. The highest BCUT2D eigenvalue weighted by Gasteiger charge is 2.30. The average molecular weight is 395 g/mol. The summed E-state index contributed by atoms with van der Waals surface area (Å²) in [6.07, 6.45) is -4.40. The van der Waals surface area contributed by atoms with Crippen LogP contribution in [0.1, 0.15) is 29.8 Å². The smallest absolute Gasteiger partial charge is 0.416 e. The number of nitrogens with zero attached hydrogens (tertiary/aromatic N) is 5. The van der Waals surface area contributed by atoms with E-state index in [2.05, 4.69) is 15.1 Å². The second kappa shape index (κ2) is 7.27. The molecule has 1 atom stereocenters. The van der Waals surface area contributed by atoms with Crippen LogP contribution in [-0.4, -0.2) is 46.1 Å². The van der Waals surface area contributed by atoms with E-state index in [1.165, 1.54) is 19.2 Å². The molecule has 2 aromatic heterocycles. The minimum absolute atomic E-state index is 0.267. The molecule has 28 heavy (non-hydrogen) atoms. The maximum Gasteiger partial charge on any atom is 0.416 e. The van der Waals surface area contributed by atoms with E-state index in [0.29, 0.717) is 28.2 Å². The Kier molecular flexibility index (Phi) is 5.16. The lowest BCUT2D eigenvalue weighted by Crippen LogP contribution is -2.15. The van der Waals surface area contributed by atoms with Crippen molar-refractivity contribution in [1.82, 2.24) is 19.7 Å². The first kappa shape index (κ1) is 19.9. The highest BCUT2D eigenvalue weighted by molar-refractivity contribution is 5.85. The Labute approximate surface area is 159 Å². The normalized spacial score (nSPS) is 13.0. The molecular formula is C18H20F3N5O2. The summed E-state index contributed by atoms with van der Waals surface area (Å²) in [5, 5.41) is 14.6. The second-order valence-electron chi connectivity index (χ2n) is 6.47. The standard InChI is InChI=1S/C18H20F3N5O2/c1-10(11-5-7-12(8-6-11)18(19,20)21)26-15-14(13(9-27)24-26)16(28-4)23-17(22-15)25(2)3/h5-8,10,27H,9H2,1-4H3. The summed E-state index contributed by atoms with van der Waals surface area (Å²) >= 11 is 0. The van der Waals surface area contributed by atoms with Gasteiger partial charge in [-0.2, -0.15) is 28.2 Å². The van der Waals surface area contributed by atoms with Gasteiger partial charge >= 0.3 is 6.18 Å². The maximum absolute atomic E-state index is 12.8. The molecule has 1 N–H and O–H groups in total. The third-order valence-electron chi connectivity index (χ3n) is 4.41. The summed E-state index contributed by atoms with van der Waals surface area (Å²) in [7, 11) is 5.00. The van der Waals surface area contributed by atoms with E-state index >= 15 is 0 Å². The van der Waals surface area contributed by atoms with Crippen LogP contribution in [0.3, 0.4) is 0 Å². The predicted molar refractivity (Wildman–Crippen MR) is 97.4 cm³/mol. The second-order valence-corrected chi connectivity index (χ2v) is 6.47. The number of aliphatic hydroxyl groups is 1. The Hall–Kier alpha value is -2.88. The minimum Gasteiger partial charge on any atom is -0.480 e. The SMILES string of the molecule is COc1nc(N(C)C)nc2c1c(CO)nn2C(C)c1ccc(C(F)(F)F)cc1. The molecule has 0 bridgehead atoms. The van der Waals surface area contributed by atoms with Crippen LogP contribution in [0.2, 0.25) is 0 Å². The van der Waals surface area contributed by atoms with Gasteiger partial charge in [-0.1, -0.05) is 12.1 Å². The molecule has 0 aliphatic heterocycles. The Morgan fingerprint density at radius 1 is 1.18 bits per heavy atom. The minimum atomic E-state index is -4.40. The van der Waals surface area contributed by atoms with Gasteiger partial charge in [0.25, 0.3) is 0 Å². The van der Waals surface area contributed by atoms with Gasteiger partial charge < -0.3 is 14.7 Å². The van der Waals surface area contributed by atoms with E-state index in [4.69, 9.17) is 4.74 Å². The number of methoxy groups -OCH3 is 1. The van der Waals surface area contributed by atoms with E-state index in [1.54, 1.807) is 30.6 Å². The fourth-order valence-corrected chi connectivity index (χ4v) is 2.88. The van der Waals surface area contributed by atoms with Crippen LogP contribution in [0, 0.1) is 0 Å². The van der Waals surface area contributed by atoms with Gasteiger partial charge in [-0.3, -0.25) is 0 Å². The van der Waals surface area contributed by atoms with Crippen molar-refractivity contribution in [3.8, 4) is 5.88 Å². The highest BCUT2D eigenvalue weighted by atomic mass is 19.4. The maximum atomic E-state index is 12.8.